The molecular formula is C23H39N4O2+. The normalized spacial score (nSPS) is 15.3. The quantitative estimate of drug-likeness (QED) is 0.450. The van der Waals surface area contributed by atoms with E-state index in [2.05, 4.69) is 36.9 Å². The van der Waals surface area contributed by atoms with Gasteiger partial charge in [0, 0.05) is 38.2 Å². The van der Waals surface area contributed by atoms with E-state index in [0.717, 1.165) is 87.4 Å². The fraction of sp³-hybridized carbons (Fsp3) is 0.696. The third kappa shape index (κ3) is 6.18. The summed E-state index contributed by atoms with van der Waals surface area (Å²) in [6.45, 7) is 12.3. The van der Waals surface area contributed by atoms with Crippen molar-refractivity contribution >= 4 is 17.3 Å². The van der Waals surface area contributed by atoms with Gasteiger partial charge in [-0.2, -0.15) is 5.53 Å². The fourth-order valence-corrected chi connectivity index (χ4v) is 3.87. The second-order valence-corrected chi connectivity index (χ2v) is 8.00. The molecule has 29 heavy (non-hydrogen) atoms. The predicted octanol–water partition coefficient (Wildman–Crippen LogP) is 3.88. The molecule has 0 saturated carbocycles. The van der Waals surface area contributed by atoms with Crippen LogP contribution in [0.1, 0.15) is 64.9 Å². The summed E-state index contributed by atoms with van der Waals surface area (Å²) in [6.07, 6.45) is 6.30. The lowest BCUT2D eigenvalue weighted by Gasteiger charge is -2.38. The van der Waals surface area contributed by atoms with E-state index in [1.807, 2.05) is 17.9 Å². The highest BCUT2D eigenvalue weighted by Gasteiger charge is 2.27. The molecule has 1 fully saturated rings. The molecule has 1 aliphatic rings. The first-order valence-electron chi connectivity index (χ1n) is 11.3. The van der Waals surface area contributed by atoms with Crippen molar-refractivity contribution in [1.82, 2.24) is 4.90 Å². The third-order valence-corrected chi connectivity index (χ3v) is 5.85. The van der Waals surface area contributed by atoms with Crippen LogP contribution in [0.15, 0.2) is 17.2 Å². The van der Waals surface area contributed by atoms with Gasteiger partial charge in [0.15, 0.2) is 0 Å². The summed E-state index contributed by atoms with van der Waals surface area (Å²) >= 11 is 0. The average molecular weight is 404 g/mol. The summed E-state index contributed by atoms with van der Waals surface area (Å²) in [5, 5.41) is 3.88. The van der Waals surface area contributed by atoms with Gasteiger partial charge in [0.2, 0.25) is 5.91 Å². The van der Waals surface area contributed by atoms with Crippen molar-refractivity contribution in [1.29, 1.82) is 0 Å². The van der Waals surface area contributed by atoms with Gasteiger partial charge in [-0.05, 0) is 42.9 Å². The van der Waals surface area contributed by atoms with E-state index in [1.165, 1.54) is 0 Å². The third-order valence-electron chi connectivity index (χ3n) is 5.85. The minimum atomic E-state index is 0.169. The minimum absolute atomic E-state index is 0.169. The van der Waals surface area contributed by atoms with E-state index in [9.17, 15) is 4.79 Å². The zero-order valence-corrected chi connectivity index (χ0v) is 18.7. The maximum absolute atomic E-state index is 12.9. The number of carbonyl (C=O) groups is 1. The predicted molar refractivity (Wildman–Crippen MR) is 118 cm³/mol. The van der Waals surface area contributed by atoms with Crippen LogP contribution in [0.2, 0.25) is 0 Å². The second-order valence-electron chi connectivity index (χ2n) is 8.00. The van der Waals surface area contributed by atoms with E-state index < -0.39 is 0 Å². The van der Waals surface area contributed by atoms with Crippen molar-refractivity contribution in [3.8, 4) is 5.75 Å². The summed E-state index contributed by atoms with van der Waals surface area (Å²) in [5.74, 6) is 1.33. The molecule has 6 nitrogen and oxygen atoms in total. The standard InChI is InChI=1S/C23H38N4O2/c1-5-8-10-19(7-3)23(28)27-13-11-26(12-14-27)21-16-18(4)20(25-24)17-22(21)29-15-9-6-2/h16-17,19,24H,5-15H2,1-4H3/p+1. The molecule has 1 atom stereocenters. The Morgan fingerprint density at radius 2 is 1.83 bits per heavy atom. The van der Waals surface area contributed by atoms with E-state index in [0.29, 0.717) is 12.5 Å². The lowest BCUT2D eigenvalue weighted by atomic mass is 9.97. The van der Waals surface area contributed by atoms with Crippen molar-refractivity contribution in [2.75, 3.05) is 37.7 Å². The number of ether oxygens (including phenoxy) is 1. The molecule has 0 spiro atoms. The molecule has 0 aliphatic carbocycles. The van der Waals surface area contributed by atoms with Gasteiger partial charge in [-0.3, -0.25) is 4.79 Å². The molecule has 6 heteroatoms. The second kappa shape index (κ2) is 11.8. The number of hydrogen-bond acceptors (Lipinski definition) is 4. The van der Waals surface area contributed by atoms with E-state index in [1.54, 1.807) is 0 Å². The number of unbranched alkanes of at least 4 members (excludes halogenated alkanes) is 2. The lowest BCUT2D eigenvalue weighted by Crippen LogP contribution is -2.50. The van der Waals surface area contributed by atoms with Gasteiger partial charge in [0.1, 0.15) is 11.4 Å². The molecule has 1 aromatic rings. The zero-order chi connectivity index (χ0) is 21.2. The van der Waals surface area contributed by atoms with Crippen molar-refractivity contribution in [2.24, 2.45) is 11.0 Å². The monoisotopic (exact) mass is 403 g/mol. The van der Waals surface area contributed by atoms with Crippen LogP contribution in [0.25, 0.3) is 0 Å². The van der Waals surface area contributed by atoms with Crippen LogP contribution in [0.4, 0.5) is 11.4 Å². The number of rotatable bonds is 11. The van der Waals surface area contributed by atoms with Crippen molar-refractivity contribution < 1.29 is 15.1 Å². The van der Waals surface area contributed by atoms with Crippen molar-refractivity contribution in [2.45, 2.75) is 66.2 Å². The first kappa shape index (κ1) is 23.2. The van der Waals surface area contributed by atoms with Crippen molar-refractivity contribution in [3.63, 3.8) is 0 Å². The molecule has 0 aromatic heterocycles. The molecule has 1 heterocycles. The van der Waals surface area contributed by atoms with Crippen LogP contribution in [-0.2, 0) is 4.79 Å². The van der Waals surface area contributed by atoms with E-state index >= 15 is 0 Å². The molecule has 1 aromatic carbocycles. The molecule has 2 rings (SSSR count). The van der Waals surface area contributed by atoms with Crippen molar-refractivity contribution in [3.05, 3.63) is 17.7 Å². The first-order valence-corrected chi connectivity index (χ1v) is 11.3. The van der Waals surface area contributed by atoms with Gasteiger partial charge in [-0.1, -0.05) is 40.0 Å². The van der Waals surface area contributed by atoms with Gasteiger partial charge in [0.25, 0.3) is 0 Å². The molecule has 2 N–H and O–H groups in total. The Balaban J connectivity index is 2.08. The molecule has 0 radical (unpaired) electrons. The Morgan fingerprint density at radius 1 is 1.14 bits per heavy atom. The summed E-state index contributed by atoms with van der Waals surface area (Å²) in [4.78, 5) is 17.3. The molecule has 1 aliphatic heterocycles. The molecular weight excluding hydrogens is 364 g/mol. The van der Waals surface area contributed by atoms with Gasteiger partial charge >= 0.3 is 0 Å². The summed E-state index contributed by atoms with van der Waals surface area (Å²) in [5.41, 5.74) is 8.42. The maximum Gasteiger partial charge on any atom is 0.225 e. The Bertz CT molecular complexity index is 669. The Kier molecular flexibility index (Phi) is 9.42. The van der Waals surface area contributed by atoms with Crippen LogP contribution < -0.4 is 15.2 Å². The van der Waals surface area contributed by atoms with E-state index in [-0.39, 0.29) is 5.92 Å². The molecule has 1 unspecified atom stereocenters. The number of piperazine rings is 1. The highest BCUT2D eigenvalue weighted by Crippen LogP contribution is 2.36. The first-order chi connectivity index (χ1) is 14.0. The molecule has 1 saturated heterocycles. The zero-order valence-electron chi connectivity index (χ0n) is 18.7. The van der Waals surface area contributed by atoms with Crippen LogP contribution in [0.3, 0.4) is 0 Å². The van der Waals surface area contributed by atoms with E-state index in [4.69, 9.17) is 10.3 Å². The number of benzene rings is 1. The molecule has 162 valence electrons. The number of anilines is 1. The van der Waals surface area contributed by atoms with Crippen LogP contribution in [-0.4, -0.2) is 43.6 Å². The highest BCUT2D eigenvalue weighted by atomic mass is 16.5. The fourth-order valence-electron chi connectivity index (χ4n) is 3.87. The van der Waals surface area contributed by atoms with Crippen LogP contribution in [0.5, 0.6) is 5.75 Å². The SMILES string of the molecule is CCCCOc1cc(N=[NH2+])c(C)cc1N1CCN(C(=O)C(CC)CCCC)CC1. The number of nitrogens with zero attached hydrogens (tertiary/aromatic N) is 3. The average Bonchev–Trinajstić information content (AvgIpc) is 2.75. The topological polar surface area (TPSA) is 70.7 Å². The number of amides is 1. The summed E-state index contributed by atoms with van der Waals surface area (Å²) in [7, 11) is 0. The Hall–Kier alpha value is -2.11. The maximum atomic E-state index is 12.9. The number of carbonyl (C=O) groups excluding carboxylic acids is 1. The number of hydrogen-bond donors (Lipinski definition) is 1. The summed E-state index contributed by atoms with van der Waals surface area (Å²) < 4.78 is 6.06. The minimum Gasteiger partial charge on any atom is -0.491 e. The van der Waals surface area contributed by atoms with Crippen LogP contribution >= 0.6 is 0 Å². The Morgan fingerprint density at radius 3 is 2.41 bits per heavy atom. The molecule has 1 amide bonds. The Labute approximate surface area is 176 Å². The summed E-state index contributed by atoms with van der Waals surface area (Å²) in [6, 6.07) is 4.05. The van der Waals surface area contributed by atoms with Crippen LogP contribution in [0, 0.1) is 12.8 Å². The number of aryl methyl sites for hydroxylation is 1. The lowest BCUT2D eigenvalue weighted by molar-refractivity contribution is -0.210. The van der Waals surface area contributed by atoms with Gasteiger partial charge in [0.05, 0.1) is 12.3 Å². The molecule has 0 bridgehead atoms. The van der Waals surface area contributed by atoms with Gasteiger partial charge in [-0.15, -0.1) is 0 Å². The highest BCUT2D eigenvalue weighted by molar-refractivity contribution is 5.79. The largest absolute Gasteiger partial charge is 0.491 e. The number of nitrogens with two attached hydrogens (primary N) is 1. The van der Waals surface area contributed by atoms with Gasteiger partial charge in [-0.25, -0.2) is 0 Å². The smallest absolute Gasteiger partial charge is 0.225 e. The van der Waals surface area contributed by atoms with Gasteiger partial charge < -0.3 is 14.5 Å².